The van der Waals surface area contributed by atoms with Crippen LogP contribution in [0.3, 0.4) is 0 Å². The minimum Gasteiger partial charge on any atom is -0.378 e. The number of aromatic amines is 1. The highest BCUT2D eigenvalue weighted by Crippen LogP contribution is 2.23. The van der Waals surface area contributed by atoms with Gasteiger partial charge in [0.2, 0.25) is 5.95 Å². The second kappa shape index (κ2) is 9.06. The van der Waals surface area contributed by atoms with Gasteiger partial charge in [-0.3, -0.25) is 5.10 Å². The second-order valence-electron chi connectivity index (χ2n) is 7.49. The fourth-order valence-electron chi connectivity index (χ4n) is 3.45. The van der Waals surface area contributed by atoms with Crippen molar-refractivity contribution in [3.8, 4) is 11.3 Å². The topological polar surface area (TPSA) is 117 Å². The summed E-state index contributed by atoms with van der Waals surface area (Å²) in [5.74, 6) is 3.35. The predicted octanol–water partition coefficient (Wildman–Crippen LogP) is 3.36. The van der Waals surface area contributed by atoms with E-state index < -0.39 is 0 Å². The molecule has 10 nitrogen and oxygen atoms in total. The Kier molecular flexibility index (Phi) is 5.67. The van der Waals surface area contributed by atoms with E-state index in [-0.39, 0.29) is 0 Å². The molecule has 0 aliphatic carbocycles. The molecule has 4 heterocycles. The molecular formula is C22H24N8O2. The van der Waals surface area contributed by atoms with Crippen LogP contribution in [0.2, 0.25) is 0 Å². The first kappa shape index (κ1) is 20.0. The molecule has 0 spiro atoms. The minimum atomic E-state index is 0.410. The second-order valence-corrected chi connectivity index (χ2v) is 7.49. The lowest BCUT2D eigenvalue weighted by Crippen LogP contribution is -2.37. The molecule has 0 amide bonds. The third-order valence-electron chi connectivity index (χ3n) is 5.06. The standard InChI is InChI=1S/C22H24N8O2/c1-15-11-20(28-27-15)24-19-13-21(30-7-9-31-10-8-30)26-22(25-19)23-14-17-12-18(29-32-17)16-5-3-2-4-6-16/h2-6,11-13H,7-10,14H2,1H3,(H3,23,24,25,26,27,28). The quantitative estimate of drug-likeness (QED) is 0.404. The number of rotatable bonds is 7. The summed E-state index contributed by atoms with van der Waals surface area (Å²) in [5.41, 5.74) is 2.77. The third kappa shape index (κ3) is 4.70. The van der Waals surface area contributed by atoms with Gasteiger partial charge in [0.1, 0.15) is 17.3 Å². The highest BCUT2D eigenvalue weighted by Gasteiger charge is 2.16. The summed E-state index contributed by atoms with van der Waals surface area (Å²) in [6, 6.07) is 15.7. The van der Waals surface area contributed by atoms with Crippen LogP contribution in [0.4, 0.5) is 23.4 Å². The van der Waals surface area contributed by atoms with E-state index in [9.17, 15) is 0 Å². The Bertz CT molecular complexity index is 1170. The molecule has 1 saturated heterocycles. The molecule has 3 N–H and O–H groups in total. The van der Waals surface area contributed by atoms with Gasteiger partial charge < -0.3 is 24.8 Å². The van der Waals surface area contributed by atoms with Gasteiger partial charge in [-0.2, -0.15) is 15.1 Å². The van der Waals surface area contributed by atoms with E-state index >= 15 is 0 Å². The number of ether oxygens (including phenoxy) is 1. The number of benzene rings is 1. The Balaban J connectivity index is 1.35. The molecule has 0 saturated carbocycles. The van der Waals surface area contributed by atoms with Gasteiger partial charge in [0, 0.05) is 42.5 Å². The van der Waals surface area contributed by atoms with Crippen LogP contribution >= 0.6 is 0 Å². The van der Waals surface area contributed by atoms with Crippen LogP contribution in [0, 0.1) is 6.92 Å². The number of morpholine rings is 1. The van der Waals surface area contributed by atoms with E-state index in [0.717, 1.165) is 35.9 Å². The van der Waals surface area contributed by atoms with Crippen molar-refractivity contribution in [2.45, 2.75) is 13.5 Å². The Morgan fingerprint density at radius 2 is 1.88 bits per heavy atom. The van der Waals surface area contributed by atoms with E-state index in [1.165, 1.54) is 0 Å². The average molecular weight is 432 g/mol. The Morgan fingerprint density at radius 3 is 2.66 bits per heavy atom. The molecule has 1 aliphatic rings. The van der Waals surface area contributed by atoms with E-state index in [4.69, 9.17) is 14.2 Å². The number of hydrogen-bond donors (Lipinski definition) is 3. The molecule has 10 heteroatoms. The first-order valence-electron chi connectivity index (χ1n) is 10.5. The summed E-state index contributed by atoms with van der Waals surface area (Å²) in [4.78, 5) is 11.5. The lowest BCUT2D eigenvalue weighted by atomic mass is 10.1. The van der Waals surface area contributed by atoms with Gasteiger partial charge in [-0.15, -0.1) is 0 Å². The van der Waals surface area contributed by atoms with Gasteiger partial charge in [-0.05, 0) is 6.92 Å². The Labute approximate surface area is 185 Å². The summed E-state index contributed by atoms with van der Waals surface area (Å²) < 4.78 is 11.0. The number of aryl methyl sites for hydroxylation is 1. The van der Waals surface area contributed by atoms with Crippen molar-refractivity contribution in [1.29, 1.82) is 0 Å². The molecule has 0 unspecified atom stereocenters. The van der Waals surface area contributed by atoms with Gasteiger partial charge in [-0.1, -0.05) is 35.5 Å². The van der Waals surface area contributed by atoms with Crippen molar-refractivity contribution in [2.75, 3.05) is 41.8 Å². The maximum atomic E-state index is 5.49. The number of H-pyrrole nitrogens is 1. The number of aromatic nitrogens is 5. The fourth-order valence-corrected chi connectivity index (χ4v) is 3.45. The molecule has 32 heavy (non-hydrogen) atoms. The first-order chi connectivity index (χ1) is 15.7. The Morgan fingerprint density at radius 1 is 1.03 bits per heavy atom. The molecule has 164 valence electrons. The SMILES string of the molecule is Cc1cc(Nc2cc(N3CCOCC3)nc(NCc3cc(-c4ccccc4)no3)n2)n[nH]1. The maximum Gasteiger partial charge on any atom is 0.227 e. The molecule has 0 atom stereocenters. The molecule has 0 bridgehead atoms. The summed E-state index contributed by atoms with van der Waals surface area (Å²) >= 11 is 0. The molecule has 3 aromatic heterocycles. The number of hydrogen-bond acceptors (Lipinski definition) is 9. The molecule has 4 aromatic rings. The van der Waals surface area contributed by atoms with Crippen LogP contribution in [0.5, 0.6) is 0 Å². The lowest BCUT2D eigenvalue weighted by Gasteiger charge is -2.28. The summed E-state index contributed by atoms with van der Waals surface area (Å²) in [7, 11) is 0. The predicted molar refractivity (Wildman–Crippen MR) is 121 cm³/mol. The zero-order valence-corrected chi connectivity index (χ0v) is 17.7. The summed E-state index contributed by atoms with van der Waals surface area (Å²) in [6.07, 6.45) is 0. The largest absolute Gasteiger partial charge is 0.378 e. The molecule has 1 aliphatic heterocycles. The highest BCUT2D eigenvalue weighted by molar-refractivity contribution is 5.60. The van der Waals surface area contributed by atoms with E-state index in [1.54, 1.807) is 0 Å². The first-order valence-corrected chi connectivity index (χ1v) is 10.5. The number of anilines is 4. The maximum absolute atomic E-state index is 5.49. The third-order valence-corrected chi connectivity index (χ3v) is 5.06. The van der Waals surface area contributed by atoms with Crippen LogP contribution in [-0.4, -0.2) is 51.6 Å². The monoisotopic (exact) mass is 432 g/mol. The zero-order chi connectivity index (χ0) is 21.8. The smallest absolute Gasteiger partial charge is 0.227 e. The van der Waals surface area contributed by atoms with E-state index in [2.05, 4.69) is 35.9 Å². The van der Waals surface area contributed by atoms with Gasteiger partial charge in [0.05, 0.1) is 19.8 Å². The van der Waals surface area contributed by atoms with Crippen molar-refractivity contribution in [1.82, 2.24) is 25.3 Å². The van der Waals surface area contributed by atoms with Gasteiger partial charge in [0.15, 0.2) is 11.6 Å². The number of nitrogens with one attached hydrogen (secondary N) is 3. The van der Waals surface area contributed by atoms with Crippen LogP contribution in [0.25, 0.3) is 11.3 Å². The van der Waals surface area contributed by atoms with E-state index in [1.807, 2.05) is 55.5 Å². The molecular weight excluding hydrogens is 408 g/mol. The van der Waals surface area contributed by atoms with E-state index in [0.29, 0.717) is 43.1 Å². The average Bonchev–Trinajstić information content (AvgIpc) is 3.48. The van der Waals surface area contributed by atoms with Gasteiger partial charge >= 0.3 is 0 Å². The molecule has 5 rings (SSSR count). The van der Waals surface area contributed by atoms with Crippen molar-refractivity contribution in [2.24, 2.45) is 0 Å². The highest BCUT2D eigenvalue weighted by atomic mass is 16.5. The minimum absolute atomic E-state index is 0.410. The van der Waals surface area contributed by atoms with Gasteiger partial charge in [-0.25, -0.2) is 0 Å². The fraction of sp³-hybridized carbons (Fsp3) is 0.273. The number of nitrogens with zero attached hydrogens (tertiary/aromatic N) is 5. The van der Waals surface area contributed by atoms with Crippen molar-refractivity contribution in [3.05, 3.63) is 60.0 Å². The summed E-state index contributed by atoms with van der Waals surface area (Å²) in [5, 5.41) is 17.8. The van der Waals surface area contributed by atoms with Crippen molar-refractivity contribution in [3.63, 3.8) is 0 Å². The molecule has 1 fully saturated rings. The van der Waals surface area contributed by atoms with Crippen LogP contribution < -0.4 is 15.5 Å². The van der Waals surface area contributed by atoms with Crippen LogP contribution in [0.1, 0.15) is 11.5 Å². The molecule has 1 aromatic carbocycles. The normalized spacial score (nSPS) is 13.8. The van der Waals surface area contributed by atoms with Crippen LogP contribution in [0.15, 0.2) is 53.1 Å². The lowest BCUT2D eigenvalue weighted by molar-refractivity contribution is 0.122. The molecule has 0 radical (unpaired) electrons. The van der Waals surface area contributed by atoms with Crippen molar-refractivity contribution >= 4 is 23.4 Å². The van der Waals surface area contributed by atoms with Gasteiger partial charge in [0.25, 0.3) is 0 Å². The summed E-state index contributed by atoms with van der Waals surface area (Å²) in [6.45, 7) is 5.27. The zero-order valence-electron chi connectivity index (χ0n) is 17.7. The van der Waals surface area contributed by atoms with Crippen molar-refractivity contribution < 1.29 is 9.26 Å². The Hall–Kier alpha value is -3.92. The van der Waals surface area contributed by atoms with Crippen LogP contribution in [-0.2, 0) is 11.3 Å².